The van der Waals surface area contributed by atoms with Crippen LogP contribution in [0.5, 0.6) is 0 Å². The lowest BCUT2D eigenvalue weighted by Crippen LogP contribution is -2.14. The lowest BCUT2D eigenvalue weighted by atomic mass is 10.1. The molecule has 5 heteroatoms. The van der Waals surface area contributed by atoms with E-state index in [1.165, 1.54) is 6.08 Å². The van der Waals surface area contributed by atoms with E-state index in [4.69, 9.17) is 16.0 Å². The Hall–Kier alpha value is -3.29. The smallest absolute Gasteiger partial charge is 0.266 e. The summed E-state index contributed by atoms with van der Waals surface area (Å²) in [4.78, 5) is 12.4. The number of nitrogens with one attached hydrogen (secondary N) is 1. The molecular formula is C21H15ClN2O2. The van der Waals surface area contributed by atoms with Gasteiger partial charge in [-0.3, -0.25) is 4.79 Å². The Morgan fingerprint density at radius 3 is 2.54 bits per heavy atom. The van der Waals surface area contributed by atoms with Crippen LogP contribution in [0.1, 0.15) is 11.3 Å². The Morgan fingerprint density at radius 2 is 1.85 bits per heavy atom. The van der Waals surface area contributed by atoms with Gasteiger partial charge in [-0.15, -0.1) is 0 Å². The van der Waals surface area contributed by atoms with Crippen LogP contribution in [0.2, 0.25) is 5.02 Å². The highest BCUT2D eigenvalue weighted by Gasteiger charge is 2.12. The normalized spacial score (nSPS) is 11.0. The Bertz CT molecular complexity index is 1010. The monoisotopic (exact) mass is 362 g/mol. The first kappa shape index (κ1) is 17.5. The van der Waals surface area contributed by atoms with E-state index < -0.39 is 5.91 Å². The molecule has 0 aliphatic carbocycles. The average molecular weight is 363 g/mol. The van der Waals surface area contributed by atoms with Crippen LogP contribution in [0.4, 0.5) is 5.69 Å². The molecule has 1 aromatic heterocycles. The zero-order valence-corrected chi connectivity index (χ0v) is 14.7. The SMILES string of the molecule is Cc1ccccc1NC(=O)/C(C#N)=C/c1ccc(-c2ccc(Cl)cc2)o1. The number of benzene rings is 2. The lowest BCUT2D eigenvalue weighted by Gasteiger charge is -2.06. The van der Waals surface area contributed by atoms with Crippen LogP contribution in [0.15, 0.2) is 70.7 Å². The fourth-order valence-electron chi connectivity index (χ4n) is 2.39. The topological polar surface area (TPSA) is 66.0 Å². The minimum Gasteiger partial charge on any atom is -0.457 e. The molecule has 0 unspecified atom stereocenters. The second kappa shape index (κ2) is 7.73. The van der Waals surface area contributed by atoms with E-state index >= 15 is 0 Å². The largest absolute Gasteiger partial charge is 0.457 e. The van der Waals surface area contributed by atoms with Crippen LogP contribution in [-0.4, -0.2) is 5.91 Å². The number of anilines is 1. The molecule has 1 N–H and O–H groups in total. The van der Waals surface area contributed by atoms with Crippen molar-refractivity contribution >= 4 is 29.3 Å². The van der Waals surface area contributed by atoms with E-state index in [-0.39, 0.29) is 5.57 Å². The summed E-state index contributed by atoms with van der Waals surface area (Å²) < 4.78 is 5.72. The molecule has 0 saturated heterocycles. The number of furan rings is 1. The van der Waals surface area contributed by atoms with Gasteiger partial charge in [-0.2, -0.15) is 5.26 Å². The third-order valence-electron chi connectivity index (χ3n) is 3.80. The number of hydrogen-bond donors (Lipinski definition) is 1. The van der Waals surface area contributed by atoms with Gasteiger partial charge in [0, 0.05) is 22.3 Å². The van der Waals surface area contributed by atoms with E-state index in [0.29, 0.717) is 22.2 Å². The molecule has 0 aliphatic rings. The summed E-state index contributed by atoms with van der Waals surface area (Å²) in [5.74, 6) is 0.571. The number of nitriles is 1. The molecule has 128 valence electrons. The van der Waals surface area contributed by atoms with E-state index in [9.17, 15) is 10.1 Å². The molecule has 0 fully saturated rings. The van der Waals surface area contributed by atoms with Crippen LogP contribution in [0, 0.1) is 18.3 Å². The summed E-state index contributed by atoms with van der Waals surface area (Å²) in [6.45, 7) is 1.89. The van der Waals surface area contributed by atoms with Crippen molar-refractivity contribution in [2.75, 3.05) is 5.32 Å². The molecule has 4 nitrogen and oxygen atoms in total. The molecule has 1 heterocycles. The zero-order chi connectivity index (χ0) is 18.5. The number of hydrogen-bond acceptors (Lipinski definition) is 3. The summed E-state index contributed by atoms with van der Waals surface area (Å²) in [7, 11) is 0. The highest BCUT2D eigenvalue weighted by Crippen LogP contribution is 2.25. The molecule has 3 rings (SSSR count). The van der Waals surface area contributed by atoms with Crippen molar-refractivity contribution in [1.82, 2.24) is 0 Å². The lowest BCUT2D eigenvalue weighted by molar-refractivity contribution is -0.112. The highest BCUT2D eigenvalue weighted by molar-refractivity contribution is 6.30. The quantitative estimate of drug-likeness (QED) is 0.495. The van der Waals surface area contributed by atoms with Crippen molar-refractivity contribution in [1.29, 1.82) is 5.26 Å². The Kier molecular flexibility index (Phi) is 5.21. The number of rotatable bonds is 4. The highest BCUT2D eigenvalue weighted by atomic mass is 35.5. The number of aryl methyl sites for hydroxylation is 1. The van der Waals surface area contributed by atoms with Gasteiger partial charge in [0.05, 0.1) is 0 Å². The van der Waals surface area contributed by atoms with Gasteiger partial charge in [-0.25, -0.2) is 0 Å². The van der Waals surface area contributed by atoms with Crippen molar-refractivity contribution in [3.8, 4) is 17.4 Å². The Morgan fingerprint density at radius 1 is 1.12 bits per heavy atom. The second-order valence-corrected chi connectivity index (χ2v) is 6.08. The van der Waals surface area contributed by atoms with Crippen molar-refractivity contribution in [3.05, 3.63) is 82.6 Å². The first-order valence-electron chi connectivity index (χ1n) is 7.91. The van der Waals surface area contributed by atoms with Crippen LogP contribution >= 0.6 is 11.6 Å². The van der Waals surface area contributed by atoms with Gasteiger partial charge in [0.1, 0.15) is 23.2 Å². The maximum atomic E-state index is 12.4. The van der Waals surface area contributed by atoms with E-state index in [2.05, 4.69) is 5.32 Å². The molecule has 0 saturated carbocycles. The molecule has 26 heavy (non-hydrogen) atoms. The van der Waals surface area contributed by atoms with E-state index in [1.54, 1.807) is 30.3 Å². The second-order valence-electron chi connectivity index (χ2n) is 5.65. The van der Waals surface area contributed by atoms with Gasteiger partial charge in [0.15, 0.2) is 0 Å². The van der Waals surface area contributed by atoms with Crippen LogP contribution in [0.3, 0.4) is 0 Å². The predicted molar refractivity (Wildman–Crippen MR) is 103 cm³/mol. The van der Waals surface area contributed by atoms with Crippen LogP contribution < -0.4 is 5.32 Å². The van der Waals surface area contributed by atoms with E-state index in [0.717, 1.165) is 11.1 Å². The van der Waals surface area contributed by atoms with Crippen molar-refractivity contribution in [2.24, 2.45) is 0 Å². The fourth-order valence-corrected chi connectivity index (χ4v) is 2.52. The molecule has 3 aromatic rings. The molecule has 0 radical (unpaired) electrons. The van der Waals surface area contributed by atoms with Crippen molar-refractivity contribution in [3.63, 3.8) is 0 Å². The average Bonchev–Trinajstić information content (AvgIpc) is 3.10. The minimum atomic E-state index is -0.480. The van der Waals surface area contributed by atoms with Crippen molar-refractivity contribution in [2.45, 2.75) is 6.92 Å². The molecule has 0 bridgehead atoms. The maximum absolute atomic E-state index is 12.4. The van der Waals surface area contributed by atoms with Gasteiger partial charge in [0.2, 0.25) is 0 Å². The molecule has 0 aliphatic heterocycles. The first-order chi connectivity index (χ1) is 12.6. The number of nitrogens with zero attached hydrogens (tertiary/aromatic N) is 1. The van der Waals surface area contributed by atoms with Gasteiger partial charge in [-0.05, 0) is 55.0 Å². The van der Waals surface area contributed by atoms with Crippen molar-refractivity contribution < 1.29 is 9.21 Å². The Balaban J connectivity index is 1.81. The molecule has 0 spiro atoms. The number of para-hydroxylation sites is 1. The Labute approximate surface area is 156 Å². The molecule has 2 aromatic carbocycles. The fraction of sp³-hybridized carbons (Fsp3) is 0.0476. The number of amides is 1. The summed E-state index contributed by atoms with van der Waals surface area (Å²) in [5, 5.41) is 12.7. The zero-order valence-electron chi connectivity index (χ0n) is 14.0. The van der Waals surface area contributed by atoms with Gasteiger partial charge in [-0.1, -0.05) is 29.8 Å². The van der Waals surface area contributed by atoms with Crippen LogP contribution in [-0.2, 0) is 4.79 Å². The standard InChI is InChI=1S/C21H15ClN2O2/c1-14-4-2-3-5-19(14)24-21(25)16(13-23)12-18-10-11-20(26-18)15-6-8-17(22)9-7-15/h2-12H,1H3,(H,24,25)/b16-12+. The predicted octanol–water partition coefficient (Wildman–Crippen LogP) is 5.45. The van der Waals surface area contributed by atoms with Crippen LogP contribution in [0.25, 0.3) is 17.4 Å². The number of carbonyl (C=O) groups excluding carboxylic acids is 1. The van der Waals surface area contributed by atoms with Gasteiger partial charge >= 0.3 is 0 Å². The number of halogens is 1. The summed E-state index contributed by atoms with van der Waals surface area (Å²) in [6.07, 6.45) is 1.42. The molecule has 0 atom stereocenters. The minimum absolute atomic E-state index is 0.0368. The third-order valence-corrected chi connectivity index (χ3v) is 4.05. The summed E-state index contributed by atoms with van der Waals surface area (Å²) >= 11 is 5.88. The van der Waals surface area contributed by atoms with Gasteiger partial charge in [0.25, 0.3) is 5.91 Å². The third kappa shape index (κ3) is 4.02. The maximum Gasteiger partial charge on any atom is 0.266 e. The number of carbonyl (C=O) groups is 1. The summed E-state index contributed by atoms with van der Waals surface area (Å²) in [5.41, 5.74) is 2.41. The molecular weight excluding hydrogens is 348 g/mol. The first-order valence-corrected chi connectivity index (χ1v) is 8.29. The summed E-state index contributed by atoms with van der Waals surface area (Å²) in [6, 6.07) is 20.0. The van der Waals surface area contributed by atoms with Gasteiger partial charge < -0.3 is 9.73 Å². The molecule has 1 amide bonds. The van der Waals surface area contributed by atoms with E-state index in [1.807, 2.05) is 43.3 Å².